The second-order valence-electron chi connectivity index (χ2n) is 5.14. The molecule has 0 aliphatic carbocycles. The van der Waals surface area contributed by atoms with Crippen LogP contribution in [0.5, 0.6) is 0 Å². The van der Waals surface area contributed by atoms with Crippen LogP contribution >= 0.6 is 11.8 Å². The summed E-state index contributed by atoms with van der Waals surface area (Å²) in [6.07, 6.45) is 4.03. The predicted molar refractivity (Wildman–Crippen MR) is 92.6 cm³/mol. The van der Waals surface area contributed by atoms with E-state index in [1.807, 2.05) is 12.4 Å². The molecule has 5 rings (SSSR count). The Morgan fingerprint density at radius 1 is 0.682 bits per heavy atom. The van der Waals surface area contributed by atoms with Crippen LogP contribution in [0, 0.1) is 0 Å². The van der Waals surface area contributed by atoms with Crippen LogP contribution in [0.25, 0.3) is 21.8 Å². The molecule has 2 aromatic carbocycles. The first-order valence-electron chi connectivity index (χ1n) is 7.01. The molecule has 104 valence electrons. The first-order valence-corrected chi connectivity index (χ1v) is 9.54. The SMILES string of the molecule is c1ccc2c3c(cnc2c1)Sc1cnc2ccccc2c1[Se]3. The molecular weight excluding hydrogens is 355 g/mol. The molecule has 0 fully saturated rings. The van der Waals surface area contributed by atoms with E-state index in [1.165, 1.54) is 29.5 Å². The van der Waals surface area contributed by atoms with Crippen molar-refractivity contribution in [2.24, 2.45) is 0 Å². The van der Waals surface area contributed by atoms with Crippen molar-refractivity contribution >= 4 is 57.4 Å². The van der Waals surface area contributed by atoms with Gasteiger partial charge in [0.25, 0.3) is 0 Å². The zero-order valence-electron chi connectivity index (χ0n) is 11.5. The molecule has 4 aromatic rings. The van der Waals surface area contributed by atoms with Crippen LogP contribution < -0.4 is 8.92 Å². The molecular formula is C18H10N2SSe. The van der Waals surface area contributed by atoms with Gasteiger partial charge in [0.1, 0.15) is 0 Å². The first-order chi connectivity index (χ1) is 10.9. The Balaban J connectivity index is 1.80. The first kappa shape index (κ1) is 12.7. The molecule has 0 atom stereocenters. The number of aromatic nitrogens is 2. The molecule has 0 radical (unpaired) electrons. The van der Waals surface area contributed by atoms with Crippen LogP contribution in [-0.2, 0) is 0 Å². The second-order valence-corrected chi connectivity index (χ2v) is 8.37. The summed E-state index contributed by atoms with van der Waals surface area (Å²) >= 11 is 2.08. The number of hydrogen-bond acceptors (Lipinski definition) is 3. The maximum atomic E-state index is 4.60. The maximum absolute atomic E-state index is 4.60. The van der Waals surface area contributed by atoms with Crippen molar-refractivity contribution in [3.05, 3.63) is 60.9 Å². The van der Waals surface area contributed by atoms with Crippen LogP contribution in [0.15, 0.2) is 70.7 Å². The van der Waals surface area contributed by atoms with Gasteiger partial charge in [-0.2, -0.15) is 0 Å². The van der Waals surface area contributed by atoms with Crippen molar-refractivity contribution in [1.82, 2.24) is 9.97 Å². The van der Waals surface area contributed by atoms with E-state index in [9.17, 15) is 0 Å². The van der Waals surface area contributed by atoms with Gasteiger partial charge in [-0.15, -0.1) is 0 Å². The zero-order valence-corrected chi connectivity index (χ0v) is 14.0. The number of hydrogen-bond donors (Lipinski definition) is 0. The normalized spacial score (nSPS) is 13.1. The molecule has 0 saturated heterocycles. The van der Waals surface area contributed by atoms with Crippen LogP contribution in [0.1, 0.15) is 0 Å². The Labute approximate surface area is 138 Å². The molecule has 0 bridgehead atoms. The van der Waals surface area contributed by atoms with Gasteiger partial charge in [-0.05, 0) is 0 Å². The summed E-state index contributed by atoms with van der Waals surface area (Å²) in [7, 11) is 0. The summed E-state index contributed by atoms with van der Waals surface area (Å²) in [4.78, 5) is 11.8. The van der Waals surface area contributed by atoms with E-state index in [-0.39, 0.29) is 15.0 Å². The fourth-order valence-electron chi connectivity index (χ4n) is 2.77. The summed E-state index contributed by atoms with van der Waals surface area (Å²) in [6, 6.07) is 16.9. The van der Waals surface area contributed by atoms with E-state index >= 15 is 0 Å². The van der Waals surface area contributed by atoms with Crippen molar-refractivity contribution in [3.63, 3.8) is 0 Å². The second kappa shape index (κ2) is 4.82. The van der Waals surface area contributed by atoms with Crippen LogP contribution in [0.4, 0.5) is 0 Å². The molecule has 0 N–H and O–H groups in total. The van der Waals surface area contributed by atoms with E-state index in [0.29, 0.717) is 0 Å². The van der Waals surface area contributed by atoms with Crippen LogP contribution in [-0.4, -0.2) is 24.9 Å². The van der Waals surface area contributed by atoms with Crippen LogP contribution in [0.2, 0.25) is 0 Å². The molecule has 1 aliphatic heterocycles. The summed E-state index contributed by atoms with van der Waals surface area (Å²) in [5.74, 6) is 0. The molecule has 0 amide bonds. The van der Waals surface area contributed by atoms with Crippen molar-refractivity contribution in [3.8, 4) is 0 Å². The summed E-state index contributed by atoms with van der Waals surface area (Å²) in [5.41, 5.74) is 2.18. The van der Waals surface area contributed by atoms with Gasteiger partial charge in [0.15, 0.2) is 0 Å². The molecule has 22 heavy (non-hydrogen) atoms. The van der Waals surface area contributed by atoms with Gasteiger partial charge in [-0.1, -0.05) is 0 Å². The molecule has 0 saturated carbocycles. The van der Waals surface area contributed by atoms with Gasteiger partial charge in [-0.25, -0.2) is 0 Å². The Hall–Kier alpha value is -1.87. The van der Waals surface area contributed by atoms with Gasteiger partial charge in [0.2, 0.25) is 0 Å². The van der Waals surface area contributed by atoms with Gasteiger partial charge in [-0.3, -0.25) is 0 Å². The minimum absolute atomic E-state index is 0.279. The molecule has 3 heterocycles. The fourth-order valence-corrected chi connectivity index (χ4v) is 6.84. The summed E-state index contributed by atoms with van der Waals surface area (Å²) in [6.45, 7) is 0. The van der Waals surface area contributed by atoms with E-state index in [0.717, 1.165) is 11.0 Å². The predicted octanol–water partition coefficient (Wildman–Crippen LogP) is 2.90. The number of fused-ring (bicyclic) bond motifs is 6. The number of nitrogens with zero attached hydrogens (tertiary/aromatic N) is 2. The van der Waals surface area contributed by atoms with E-state index in [1.54, 1.807) is 11.8 Å². The zero-order chi connectivity index (χ0) is 14.5. The topological polar surface area (TPSA) is 25.8 Å². The molecule has 1 aliphatic rings. The number of para-hydroxylation sites is 2. The monoisotopic (exact) mass is 366 g/mol. The molecule has 0 spiro atoms. The van der Waals surface area contributed by atoms with Gasteiger partial charge in [0.05, 0.1) is 0 Å². The molecule has 0 unspecified atom stereocenters. The van der Waals surface area contributed by atoms with Gasteiger partial charge in [0, 0.05) is 0 Å². The van der Waals surface area contributed by atoms with E-state index < -0.39 is 0 Å². The van der Waals surface area contributed by atoms with Crippen molar-refractivity contribution in [2.75, 3.05) is 0 Å². The third-order valence-electron chi connectivity index (χ3n) is 3.81. The average Bonchev–Trinajstić information content (AvgIpc) is 2.60. The van der Waals surface area contributed by atoms with Crippen LogP contribution in [0.3, 0.4) is 0 Å². The Kier molecular flexibility index (Phi) is 2.77. The van der Waals surface area contributed by atoms with Gasteiger partial charge >= 0.3 is 138 Å². The van der Waals surface area contributed by atoms with Crippen molar-refractivity contribution in [2.45, 2.75) is 9.79 Å². The summed E-state index contributed by atoms with van der Waals surface area (Å²) in [5, 5.41) is 2.58. The third-order valence-corrected chi connectivity index (χ3v) is 8.16. The molecule has 2 nitrogen and oxygen atoms in total. The van der Waals surface area contributed by atoms with Crippen molar-refractivity contribution < 1.29 is 0 Å². The Morgan fingerprint density at radius 2 is 1.18 bits per heavy atom. The Bertz CT molecular complexity index is 962. The number of benzene rings is 2. The number of pyridine rings is 2. The number of rotatable bonds is 0. The standard InChI is InChI=1S/C18H10N2SSe/c1-3-7-13-11(5-1)17-15(9-19-13)21-16-10-20-14-8-4-2-6-12(14)18(16)22-17/h1-10H. The van der Waals surface area contributed by atoms with Crippen molar-refractivity contribution in [1.29, 1.82) is 0 Å². The molecule has 2 aromatic heterocycles. The fraction of sp³-hybridized carbons (Fsp3) is 0. The third kappa shape index (κ3) is 1.82. The summed E-state index contributed by atoms with van der Waals surface area (Å²) < 4.78 is 2.90. The minimum atomic E-state index is 0.279. The van der Waals surface area contributed by atoms with Gasteiger partial charge < -0.3 is 0 Å². The average molecular weight is 365 g/mol. The Morgan fingerprint density at radius 3 is 1.73 bits per heavy atom. The molecule has 4 heteroatoms. The van der Waals surface area contributed by atoms with E-state index in [4.69, 9.17) is 0 Å². The van der Waals surface area contributed by atoms with E-state index in [2.05, 4.69) is 58.5 Å². The quantitative estimate of drug-likeness (QED) is 0.395.